The monoisotopic (exact) mass is 402 g/mol. The van der Waals surface area contributed by atoms with Gasteiger partial charge in [-0.05, 0) is 23.8 Å². The van der Waals surface area contributed by atoms with Crippen molar-refractivity contribution >= 4 is 22.5 Å². The summed E-state index contributed by atoms with van der Waals surface area (Å²) in [6.07, 6.45) is -4.41. The first kappa shape index (κ1) is 18.9. The van der Waals surface area contributed by atoms with Gasteiger partial charge in [0, 0.05) is 11.9 Å². The zero-order chi connectivity index (χ0) is 20.6. The van der Waals surface area contributed by atoms with Crippen molar-refractivity contribution in [3.63, 3.8) is 0 Å². The summed E-state index contributed by atoms with van der Waals surface area (Å²) >= 11 is 0. The Bertz CT molecular complexity index is 1190. The summed E-state index contributed by atoms with van der Waals surface area (Å²) in [5.41, 5.74) is 6.54. The normalized spacial score (nSPS) is 12.0. The van der Waals surface area contributed by atoms with Gasteiger partial charge in [0.2, 0.25) is 5.95 Å². The van der Waals surface area contributed by atoms with E-state index in [0.29, 0.717) is 28.1 Å². The molecular weight excluding hydrogens is 385 g/mol. The molecule has 0 amide bonds. The number of nitrogens with two attached hydrogens (primary N) is 1. The van der Waals surface area contributed by atoms with Gasteiger partial charge >= 0.3 is 6.18 Å². The number of halogens is 3. The third-order valence-electron chi connectivity index (χ3n) is 4.48. The highest BCUT2D eigenvalue weighted by Crippen LogP contribution is 2.32. The molecule has 10 heteroatoms. The second kappa shape index (κ2) is 7.21. The van der Waals surface area contributed by atoms with Gasteiger partial charge in [0.15, 0.2) is 11.5 Å². The lowest BCUT2D eigenvalue weighted by Crippen LogP contribution is -2.18. The highest BCUT2D eigenvalue weighted by atomic mass is 19.4. The molecule has 0 aliphatic carbocycles. The molecule has 0 aliphatic heterocycles. The molecule has 0 bridgehead atoms. The van der Waals surface area contributed by atoms with E-state index in [1.54, 1.807) is 18.2 Å². The summed E-state index contributed by atoms with van der Waals surface area (Å²) in [5, 5.41) is 7.98. The van der Waals surface area contributed by atoms with Crippen LogP contribution in [0, 0.1) is 0 Å². The summed E-state index contributed by atoms with van der Waals surface area (Å²) in [6, 6.07) is 10.8. The van der Waals surface area contributed by atoms with E-state index in [-0.39, 0.29) is 24.6 Å². The molecule has 0 aliphatic rings. The van der Waals surface area contributed by atoms with Crippen LogP contribution < -0.4 is 15.8 Å². The number of anilines is 1. The van der Waals surface area contributed by atoms with Crippen LogP contribution in [0.5, 0.6) is 5.75 Å². The number of benzene rings is 2. The zero-order valence-electron chi connectivity index (χ0n) is 15.4. The molecule has 2 heterocycles. The number of hydrogen-bond donors (Lipinski definition) is 2. The number of rotatable bonds is 5. The van der Waals surface area contributed by atoms with Gasteiger partial charge < -0.3 is 15.8 Å². The number of nitrogen functional groups attached to an aromatic ring is 1. The lowest BCUT2D eigenvalue weighted by atomic mass is 10.1. The van der Waals surface area contributed by atoms with Gasteiger partial charge in [-0.1, -0.05) is 24.3 Å². The molecule has 150 valence electrons. The minimum atomic E-state index is -4.41. The van der Waals surface area contributed by atoms with Crippen LogP contribution in [0.15, 0.2) is 42.5 Å². The van der Waals surface area contributed by atoms with E-state index in [1.165, 1.54) is 23.8 Å². The number of fused-ring (bicyclic) bond motifs is 3. The van der Waals surface area contributed by atoms with Crippen molar-refractivity contribution in [1.29, 1.82) is 0 Å². The van der Waals surface area contributed by atoms with E-state index in [2.05, 4.69) is 20.4 Å². The van der Waals surface area contributed by atoms with Gasteiger partial charge in [0.1, 0.15) is 11.3 Å². The maximum atomic E-state index is 13.1. The molecule has 0 radical (unpaired) electrons. The number of nitrogens with zero attached hydrogens (tertiary/aromatic N) is 4. The maximum absolute atomic E-state index is 13.1. The number of para-hydroxylation sites is 1. The van der Waals surface area contributed by atoms with Gasteiger partial charge in [-0.25, -0.2) is 9.97 Å². The quantitative estimate of drug-likeness (QED) is 0.533. The predicted octanol–water partition coefficient (Wildman–Crippen LogP) is 3.18. The van der Waals surface area contributed by atoms with E-state index < -0.39 is 11.7 Å². The van der Waals surface area contributed by atoms with Crippen LogP contribution in [0.2, 0.25) is 0 Å². The van der Waals surface area contributed by atoms with E-state index in [0.717, 1.165) is 6.07 Å². The molecule has 0 atom stereocenters. The summed E-state index contributed by atoms with van der Waals surface area (Å²) in [4.78, 5) is 8.79. The van der Waals surface area contributed by atoms with Crippen LogP contribution in [0.3, 0.4) is 0 Å². The van der Waals surface area contributed by atoms with E-state index >= 15 is 0 Å². The summed E-state index contributed by atoms with van der Waals surface area (Å²) in [7, 11) is 1.54. The molecule has 0 unspecified atom stereocenters. The van der Waals surface area contributed by atoms with Gasteiger partial charge in [-0.3, -0.25) is 0 Å². The minimum Gasteiger partial charge on any atom is -0.494 e. The number of methoxy groups -OCH3 is 1. The van der Waals surface area contributed by atoms with Crippen molar-refractivity contribution in [2.24, 2.45) is 0 Å². The van der Waals surface area contributed by atoms with Crippen LogP contribution in [-0.2, 0) is 19.3 Å². The van der Waals surface area contributed by atoms with Gasteiger partial charge in [-0.2, -0.15) is 17.7 Å². The van der Waals surface area contributed by atoms with Gasteiger partial charge in [-0.15, -0.1) is 5.10 Å². The molecule has 7 nitrogen and oxygen atoms in total. The van der Waals surface area contributed by atoms with Gasteiger partial charge in [0.25, 0.3) is 0 Å². The molecule has 2 aromatic heterocycles. The second-order valence-corrected chi connectivity index (χ2v) is 6.35. The molecule has 29 heavy (non-hydrogen) atoms. The van der Waals surface area contributed by atoms with E-state index in [9.17, 15) is 13.2 Å². The third kappa shape index (κ3) is 3.54. The average molecular weight is 402 g/mol. The maximum Gasteiger partial charge on any atom is 0.416 e. The van der Waals surface area contributed by atoms with Crippen molar-refractivity contribution in [3.8, 4) is 5.75 Å². The molecule has 4 rings (SSSR count). The molecule has 0 saturated heterocycles. The lowest BCUT2D eigenvalue weighted by Gasteiger charge is -2.12. The lowest BCUT2D eigenvalue weighted by molar-refractivity contribution is -0.138. The van der Waals surface area contributed by atoms with Crippen LogP contribution in [-0.4, -0.2) is 26.7 Å². The number of ether oxygens (including phenoxy) is 1. The number of alkyl halides is 3. The SMILES string of the molecule is COc1cccc2c1nc(N)n1nc(CNCc3ccccc3C(F)(F)F)nc21. The fourth-order valence-corrected chi connectivity index (χ4v) is 3.17. The second-order valence-electron chi connectivity index (χ2n) is 6.35. The first-order chi connectivity index (χ1) is 13.9. The van der Waals surface area contributed by atoms with Crippen molar-refractivity contribution in [1.82, 2.24) is 24.9 Å². The first-order valence-electron chi connectivity index (χ1n) is 8.72. The molecule has 0 spiro atoms. The van der Waals surface area contributed by atoms with Crippen LogP contribution >= 0.6 is 0 Å². The Hall–Kier alpha value is -3.40. The van der Waals surface area contributed by atoms with Crippen molar-refractivity contribution in [2.45, 2.75) is 19.3 Å². The molecule has 0 fully saturated rings. The summed E-state index contributed by atoms with van der Waals surface area (Å²) < 4.78 is 46.0. The van der Waals surface area contributed by atoms with Crippen molar-refractivity contribution < 1.29 is 17.9 Å². The molecular formula is C19H17F3N6O. The average Bonchev–Trinajstić information content (AvgIpc) is 3.12. The largest absolute Gasteiger partial charge is 0.494 e. The molecule has 0 saturated carbocycles. The smallest absolute Gasteiger partial charge is 0.416 e. The highest BCUT2D eigenvalue weighted by molar-refractivity contribution is 5.95. The third-order valence-corrected chi connectivity index (χ3v) is 4.48. The van der Waals surface area contributed by atoms with Crippen molar-refractivity contribution in [2.75, 3.05) is 12.8 Å². The van der Waals surface area contributed by atoms with E-state index in [4.69, 9.17) is 10.5 Å². The van der Waals surface area contributed by atoms with E-state index in [1.807, 2.05) is 6.07 Å². The fourth-order valence-electron chi connectivity index (χ4n) is 3.17. The number of hydrogen-bond acceptors (Lipinski definition) is 6. The van der Waals surface area contributed by atoms with Gasteiger partial charge in [0.05, 0.1) is 19.2 Å². The molecule has 4 aromatic rings. The van der Waals surface area contributed by atoms with Crippen LogP contribution in [0.25, 0.3) is 16.6 Å². The topological polar surface area (TPSA) is 90.4 Å². The van der Waals surface area contributed by atoms with Crippen LogP contribution in [0.4, 0.5) is 19.1 Å². The Labute approximate surface area is 163 Å². The standard InChI is InChI=1S/C19H17F3N6O/c1-29-14-8-4-6-12-16(14)26-18(23)28-17(12)25-15(27-28)10-24-9-11-5-2-3-7-13(11)19(20,21)22/h2-8,24H,9-10H2,1H3,(H2,23,26). The Morgan fingerprint density at radius 2 is 1.86 bits per heavy atom. The van der Waals surface area contributed by atoms with Crippen LogP contribution in [0.1, 0.15) is 17.0 Å². The zero-order valence-corrected chi connectivity index (χ0v) is 15.4. The Morgan fingerprint density at radius 1 is 1.07 bits per heavy atom. The molecule has 2 aromatic carbocycles. The Kier molecular flexibility index (Phi) is 4.71. The predicted molar refractivity (Wildman–Crippen MR) is 101 cm³/mol. The van der Waals surface area contributed by atoms with Crippen molar-refractivity contribution in [3.05, 3.63) is 59.4 Å². The number of nitrogens with one attached hydrogen (secondary N) is 1. The number of aromatic nitrogens is 4. The summed E-state index contributed by atoms with van der Waals surface area (Å²) in [5.74, 6) is 1.08. The Balaban J connectivity index is 1.60. The Morgan fingerprint density at radius 3 is 2.62 bits per heavy atom. The summed E-state index contributed by atoms with van der Waals surface area (Å²) in [6.45, 7) is 0.187. The fraction of sp³-hybridized carbons (Fsp3) is 0.211. The minimum absolute atomic E-state index is 0.0214. The first-order valence-corrected chi connectivity index (χ1v) is 8.72. The molecule has 3 N–H and O–H groups in total. The highest BCUT2D eigenvalue weighted by Gasteiger charge is 2.32.